The molecule has 1 aliphatic carbocycles. The summed E-state index contributed by atoms with van der Waals surface area (Å²) in [6.45, 7) is -0.680. The molecule has 8 N–H and O–H groups in total. The standard InChI is InChI=1S/C21H22O11/c22-7-14-16(27)17(28)18(29)21(31-14)32-20-15(26)10-3-2-9(23)6-13(10)30-19(20)8-1-4-11(24)12(25)5-8/h1-6,13-14,16-18,21-29H,7H2/t13?,14-,16-,17+,18-,21+/m1/s1. The van der Waals surface area contributed by atoms with Crippen molar-refractivity contribution in [3.8, 4) is 11.5 Å². The number of hydrogen-bond donors (Lipinski definition) is 8. The van der Waals surface area contributed by atoms with Crippen molar-refractivity contribution in [2.75, 3.05) is 6.61 Å². The van der Waals surface area contributed by atoms with Crippen LogP contribution < -0.4 is 0 Å². The van der Waals surface area contributed by atoms with E-state index >= 15 is 0 Å². The number of rotatable bonds is 4. The molecule has 4 rings (SSSR count). The van der Waals surface area contributed by atoms with Gasteiger partial charge in [0.15, 0.2) is 23.0 Å². The lowest BCUT2D eigenvalue weighted by atomic mass is 9.97. The van der Waals surface area contributed by atoms with E-state index < -0.39 is 60.7 Å². The van der Waals surface area contributed by atoms with Gasteiger partial charge in [0.25, 0.3) is 0 Å². The molecule has 2 heterocycles. The number of aliphatic hydroxyl groups excluding tert-OH is 6. The minimum absolute atomic E-state index is 0.113. The maximum absolute atomic E-state index is 10.9. The number of aromatic hydroxyl groups is 2. The molecule has 172 valence electrons. The third-order valence-corrected chi connectivity index (χ3v) is 5.32. The van der Waals surface area contributed by atoms with Crippen LogP contribution in [0.3, 0.4) is 0 Å². The van der Waals surface area contributed by atoms with Crippen LogP contribution in [0.15, 0.2) is 59.3 Å². The number of ether oxygens (including phenoxy) is 3. The molecule has 0 spiro atoms. The first kappa shape index (κ1) is 22.0. The van der Waals surface area contributed by atoms with Gasteiger partial charge in [-0.3, -0.25) is 0 Å². The molecule has 32 heavy (non-hydrogen) atoms. The number of phenols is 2. The maximum atomic E-state index is 10.9. The number of fused-ring (bicyclic) bond motifs is 1. The van der Waals surface area contributed by atoms with Crippen LogP contribution in [0.1, 0.15) is 5.56 Å². The second-order valence-electron chi connectivity index (χ2n) is 7.44. The Kier molecular flexibility index (Phi) is 5.75. The molecule has 1 aromatic carbocycles. The summed E-state index contributed by atoms with van der Waals surface area (Å²) in [5.41, 5.74) is 0.363. The predicted molar refractivity (Wildman–Crippen MR) is 106 cm³/mol. The zero-order valence-electron chi connectivity index (χ0n) is 16.4. The van der Waals surface area contributed by atoms with Crippen LogP contribution in [0.5, 0.6) is 11.5 Å². The zero-order valence-corrected chi connectivity index (χ0v) is 16.4. The molecule has 2 aliphatic heterocycles. The van der Waals surface area contributed by atoms with Crippen LogP contribution in [0.4, 0.5) is 0 Å². The fourth-order valence-electron chi connectivity index (χ4n) is 3.55. The average molecular weight is 450 g/mol. The van der Waals surface area contributed by atoms with E-state index in [4.69, 9.17) is 14.2 Å². The highest BCUT2D eigenvalue weighted by atomic mass is 16.7. The summed E-state index contributed by atoms with van der Waals surface area (Å²) in [7, 11) is 0. The van der Waals surface area contributed by atoms with E-state index in [0.717, 1.165) is 6.07 Å². The topological polar surface area (TPSA) is 190 Å². The van der Waals surface area contributed by atoms with E-state index in [1.54, 1.807) is 0 Å². The summed E-state index contributed by atoms with van der Waals surface area (Å²) in [5.74, 6) is -1.92. The lowest BCUT2D eigenvalue weighted by molar-refractivity contribution is -0.291. The highest BCUT2D eigenvalue weighted by Gasteiger charge is 2.46. The molecule has 0 saturated carbocycles. The molecule has 11 heteroatoms. The lowest BCUT2D eigenvalue weighted by Crippen LogP contribution is -2.59. The van der Waals surface area contributed by atoms with E-state index in [9.17, 15) is 40.9 Å². The van der Waals surface area contributed by atoms with E-state index in [2.05, 4.69) is 0 Å². The average Bonchev–Trinajstić information content (AvgIpc) is 2.77. The van der Waals surface area contributed by atoms with Gasteiger partial charge in [-0.25, -0.2) is 0 Å². The molecular formula is C21H22O11. The molecule has 0 bridgehead atoms. The van der Waals surface area contributed by atoms with Gasteiger partial charge in [-0.15, -0.1) is 0 Å². The van der Waals surface area contributed by atoms with Crippen molar-refractivity contribution < 1.29 is 55.1 Å². The summed E-state index contributed by atoms with van der Waals surface area (Å²) in [5, 5.41) is 79.9. The second-order valence-corrected chi connectivity index (χ2v) is 7.44. The summed E-state index contributed by atoms with van der Waals surface area (Å²) in [6.07, 6.45) is -4.85. The molecule has 6 atom stereocenters. The Balaban J connectivity index is 1.78. The van der Waals surface area contributed by atoms with Gasteiger partial charge in [0.1, 0.15) is 36.3 Å². The summed E-state index contributed by atoms with van der Waals surface area (Å²) in [6, 6.07) is 3.68. The number of aliphatic hydroxyl groups is 6. The Hall–Kier alpha value is -3.22. The van der Waals surface area contributed by atoms with Crippen molar-refractivity contribution in [1.82, 2.24) is 0 Å². The van der Waals surface area contributed by atoms with Gasteiger partial charge in [-0.05, 0) is 30.4 Å². The third-order valence-electron chi connectivity index (χ3n) is 5.32. The van der Waals surface area contributed by atoms with Gasteiger partial charge in [-0.1, -0.05) is 0 Å². The third kappa shape index (κ3) is 3.76. The highest BCUT2D eigenvalue weighted by Crippen LogP contribution is 2.40. The van der Waals surface area contributed by atoms with Crippen LogP contribution in [0, 0.1) is 0 Å². The first-order chi connectivity index (χ1) is 15.2. The number of benzene rings is 1. The molecule has 1 saturated heterocycles. The first-order valence-corrected chi connectivity index (χ1v) is 9.64. The van der Waals surface area contributed by atoms with Crippen LogP contribution >= 0.6 is 0 Å². The van der Waals surface area contributed by atoms with E-state index in [-0.39, 0.29) is 28.4 Å². The van der Waals surface area contributed by atoms with Crippen molar-refractivity contribution in [3.05, 3.63) is 64.8 Å². The first-order valence-electron chi connectivity index (χ1n) is 9.64. The van der Waals surface area contributed by atoms with Gasteiger partial charge in [0.2, 0.25) is 12.0 Å². The molecule has 1 aromatic rings. The van der Waals surface area contributed by atoms with Gasteiger partial charge in [-0.2, -0.15) is 0 Å². The lowest BCUT2D eigenvalue weighted by Gasteiger charge is -2.40. The van der Waals surface area contributed by atoms with Gasteiger partial charge < -0.3 is 55.1 Å². The Morgan fingerprint density at radius 3 is 2.34 bits per heavy atom. The van der Waals surface area contributed by atoms with E-state index in [0.29, 0.717) is 0 Å². The fourth-order valence-corrected chi connectivity index (χ4v) is 3.55. The number of hydrogen-bond acceptors (Lipinski definition) is 11. The molecule has 3 aliphatic rings. The normalized spacial score (nSPS) is 32.3. The smallest absolute Gasteiger partial charge is 0.229 e. The van der Waals surface area contributed by atoms with Crippen LogP contribution in [0.2, 0.25) is 0 Å². The highest BCUT2D eigenvalue weighted by molar-refractivity contribution is 5.70. The van der Waals surface area contributed by atoms with Crippen molar-refractivity contribution in [2.24, 2.45) is 0 Å². The molecule has 0 aromatic heterocycles. The summed E-state index contributed by atoms with van der Waals surface area (Å²) < 4.78 is 16.9. The Morgan fingerprint density at radius 2 is 1.66 bits per heavy atom. The predicted octanol–water partition coefficient (Wildman–Crippen LogP) is -0.195. The molecular weight excluding hydrogens is 428 g/mol. The maximum Gasteiger partial charge on any atom is 0.229 e. The molecule has 0 radical (unpaired) electrons. The second kappa shape index (κ2) is 8.37. The van der Waals surface area contributed by atoms with E-state index in [1.807, 2.05) is 0 Å². The largest absolute Gasteiger partial charge is 0.508 e. The van der Waals surface area contributed by atoms with Crippen molar-refractivity contribution in [2.45, 2.75) is 36.8 Å². The minimum Gasteiger partial charge on any atom is -0.508 e. The molecule has 11 nitrogen and oxygen atoms in total. The Morgan fingerprint density at radius 1 is 0.906 bits per heavy atom. The summed E-state index contributed by atoms with van der Waals surface area (Å²) in [4.78, 5) is 0. The number of phenolic OH excluding ortho intramolecular Hbond substituents is 2. The monoisotopic (exact) mass is 450 g/mol. The Labute approximate surface area is 181 Å². The SMILES string of the molecule is OC[C@H]1O[C@@H](OC2=C(c3ccc(O)c(O)c3)OC3C=C(O)C=CC3=C2O)[C@H](O)[C@@H](O)[C@@H]1O. The molecule has 1 fully saturated rings. The van der Waals surface area contributed by atoms with Gasteiger partial charge in [0, 0.05) is 17.2 Å². The molecule has 1 unspecified atom stereocenters. The Bertz CT molecular complexity index is 1020. The van der Waals surface area contributed by atoms with Crippen LogP contribution in [0.25, 0.3) is 5.76 Å². The van der Waals surface area contributed by atoms with Gasteiger partial charge >= 0.3 is 0 Å². The molecule has 0 amide bonds. The zero-order chi connectivity index (χ0) is 23.2. The van der Waals surface area contributed by atoms with E-state index in [1.165, 1.54) is 30.4 Å². The minimum atomic E-state index is -1.75. The van der Waals surface area contributed by atoms with Crippen molar-refractivity contribution in [3.63, 3.8) is 0 Å². The van der Waals surface area contributed by atoms with Crippen molar-refractivity contribution in [1.29, 1.82) is 0 Å². The quantitative estimate of drug-likeness (QED) is 0.284. The fraction of sp³-hybridized carbons (Fsp3) is 0.333. The van der Waals surface area contributed by atoms with Crippen LogP contribution in [-0.2, 0) is 14.2 Å². The van der Waals surface area contributed by atoms with Gasteiger partial charge in [0.05, 0.1) is 6.61 Å². The van der Waals surface area contributed by atoms with Crippen molar-refractivity contribution >= 4 is 5.76 Å². The number of allylic oxidation sites excluding steroid dienone is 1. The summed E-state index contributed by atoms with van der Waals surface area (Å²) >= 11 is 0. The van der Waals surface area contributed by atoms with Crippen LogP contribution in [-0.4, -0.2) is 84.3 Å².